The van der Waals surface area contributed by atoms with Crippen LogP contribution in [0, 0.1) is 13.8 Å². The highest BCUT2D eigenvalue weighted by molar-refractivity contribution is 7.89. The van der Waals surface area contributed by atoms with Crippen LogP contribution in [0.25, 0.3) is 11.2 Å². The number of hydrogen-bond acceptors (Lipinski definition) is 6. The predicted molar refractivity (Wildman–Crippen MR) is 114 cm³/mol. The number of fused-ring (bicyclic) bond motifs is 1. The van der Waals surface area contributed by atoms with Gasteiger partial charge in [0.1, 0.15) is 11.9 Å². The monoisotopic (exact) mass is 431 g/mol. The van der Waals surface area contributed by atoms with Crippen LogP contribution in [0.5, 0.6) is 0 Å². The molecule has 30 heavy (non-hydrogen) atoms. The number of aryl methyl sites for hydroxylation is 3. The van der Waals surface area contributed by atoms with Gasteiger partial charge < -0.3 is 9.72 Å². The van der Waals surface area contributed by atoms with E-state index in [1.54, 1.807) is 6.07 Å². The average molecular weight is 432 g/mol. The maximum atomic E-state index is 12.6. The van der Waals surface area contributed by atoms with Crippen LogP contribution in [0.4, 0.5) is 0 Å². The minimum atomic E-state index is -4.04. The third-order valence-corrected chi connectivity index (χ3v) is 6.51. The smallest absolute Gasteiger partial charge is 0.323 e. The number of sulfonamides is 1. The normalized spacial score (nSPS) is 13.3. The van der Waals surface area contributed by atoms with E-state index in [0.29, 0.717) is 12.1 Å². The lowest BCUT2D eigenvalue weighted by molar-refractivity contribution is -0.142. The summed E-state index contributed by atoms with van der Waals surface area (Å²) in [5.41, 5.74) is 5.24. The fourth-order valence-corrected chi connectivity index (χ4v) is 4.43. The number of H-pyrrole nitrogens is 1. The lowest BCUT2D eigenvalue weighted by Gasteiger charge is -2.13. The average Bonchev–Trinajstić information content (AvgIpc) is 3.13. The maximum Gasteiger partial charge on any atom is 0.323 e. The fourth-order valence-electron chi connectivity index (χ4n) is 3.28. The molecule has 2 heterocycles. The van der Waals surface area contributed by atoms with Crippen molar-refractivity contribution in [2.75, 3.05) is 7.11 Å². The van der Waals surface area contributed by atoms with Crippen molar-refractivity contribution in [3.8, 4) is 0 Å². The third-order valence-electron chi connectivity index (χ3n) is 5.01. The molecule has 3 rings (SSSR count). The second-order valence-electron chi connectivity index (χ2n) is 7.14. The number of ether oxygens (including phenoxy) is 1. The molecule has 0 aliphatic rings. The van der Waals surface area contributed by atoms with Crippen molar-refractivity contribution < 1.29 is 19.3 Å². The summed E-state index contributed by atoms with van der Waals surface area (Å²) < 4.78 is 40.2. The van der Waals surface area contributed by atoms with Gasteiger partial charge in [0.2, 0.25) is 10.0 Å². The number of benzene rings is 1. The van der Waals surface area contributed by atoms with Gasteiger partial charge in [0, 0.05) is 12.1 Å². The quantitative estimate of drug-likeness (QED) is 0.556. The number of aromatic amines is 1. The van der Waals surface area contributed by atoms with Crippen molar-refractivity contribution in [3.05, 3.63) is 52.5 Å². The standard InChI is InChI=1S/C21H26N4O4S/c1-6-18-23-19-12(2)17(13(3)22-20(19)24-18)11-15-7-9-16(10-8-15)30(27,28)25-14(4)21(26)29-5/h7-10,14,25H,6,11H2,1-5H3,(H,22,23,24)/t14-/m0/s1/i9D. The number of imidazole rings is 1. The van der Waals surface area contributed by atoms with Crippen LogP contribution in [-0.2, 0) is 32.4 Å². The first kappa shape index (κ1) is 20.5. The third kappa shape index (κ3) is 4.36. The first-order valence-electron chi connectivity index (χ1n) is 10.1. The molecule has 0 spiro atoms. The molecule has 2 N–H and O–H groups in total. The maximum absolute atomic E-state index is 12.6. The number of methoxy groups -OCH3 is 1. The van der Waals surface area contributed by atoms with Crippen LogP contribution < -0.4 is 4.72 Å². The van der Waals surface area contributed by atoms with E-state index in [-0.39, 0.29) is 10.9 Å². The van der Waals surface area contributed by atoms with Crippen LogP contribution >= 0.6 is 0 Å². The predicted octanol–water partition coefficient (Wildman–Crippen LogP) is 2.57. The first-order valence-corrected chi connectivity index (χ1v) is 11.1. The van der Waals surface area contributed by atoms with Gasteiger partial charge >= 0.3 is 5.97 Å². The van der Waals surface area contributed by atoms with Crippen molar-refractivity contribution in [1.29, 1.82) is 0 Å². The van der Waals surface area contributed by atoms with Gasteiger partial charge in [-0.15, -0.1) is 0 Å². The zero-order valence-corrected chi connectivity index (χ0v) is 18.5. The van der Waals surface area contributed by atoms with Gasteiger partial charge in [0.05, 0.1) is 18.9 Å². The second-order valence-corrected chi connectivity index (χ2v) is 8.82. The van der Waals surface area contributed by atoms with Crippen LogP contribution in [0.3, 0.4) is 0 Å². The van der Waals surface area contributed by atoms with Crippen molar-refractivity contribution in [2.24, 2.45) is 0 Å². The van der Waals surface area contributed by atoms with E-state index in [1.165, 1.54) is 26.2 Å². The minimum absolute atomic E-state index is 0.152. The van der Waals surface area contributed by atoms with Crippen molar-refractivity contribution in [2.45, 2.75) is 51.5 Å². The summed E-state index contributed by atoms with van der Waals surface area (Å²) in [6.07, 6.45) is 1.28. The van der Waals surface area contributed by atoms with Crippen molar-refractivity contribution in [3.63, 3.8) is 0 Å². The molecule has 1 aromatic carbocycles. The molecular formula is C21H26N4O4S. The van der Waals surface area contributed by atoms with E-state index in [0.717, 1.165) is 40.1 Å². The van der Waals surface area contributed by atoms with Crippen LogP contribution in [-0.4, -0.2) is 42.5 Å². The van der Waals surface area contributed by atoms with Crippen LogP contribution in [0.1, 0.15) is 43.4 Å². The molecule has 160 valence electrons. The van der Waals surface area contributed by atoms with Gasteiger partial charge in [0.15, 0.2) is 5.65 Å². The molecule has 9 heteroatoms. The number of nitrogens with zero attached hydrogens (tertiary/aromatic N) is 2. The summed E-state index contributed by atoms with van der Waals surface area (Å²) >= 11 is 0. The molecule has 0 amide bonds. The first-order chi connectivity index (χ1) is 14.6. The Morgan fingerprint density at radius 1 is 1.30 bits per heavy atom. The van der Waals surface area contributed by atoms with E-state index in [1.807, 2.05) is 20.8 Å². The Labute approximate surface area is 177 Å². The van der Waals surface area contributed by atoms with Gasteiger partial charge in [-0.25, -0.2) is 18.4 Å². The minimum Gasteiger partial charge on any atom is -0.468 e. The zero-order valence-electron chi connectivity index (χ0n) is 18.7. The summed E-state index contributed by atoms with van der Waals surface area (Å²) in [5, 5.41) is 0. The number of esters is 1. The number of hydrogen-bond donors (Lipinski definition) is 2. The Bertz CT molecular complexity index is 1250. The SMILES string of the molecule is [2H]c1cc(Cc2c(C)nc3nc(CC)[nH]c3c2C)ccc1S(=O)(=O)N[C@@H](C)C(=O)OC. The topological polar surface area (TPSA) is 114 Å². The lowest BCUT2D eigenvalue weighted by Crippen LogP contribution is -2.39. The van der Waals surface area contributed by atoms with Gasteiger partial charge in [0.25, 0.3) is 0 Å². The zero-order chi connectivity index (χ0) is 22.9. The van der Waals surface area contributed by atoms with Crippen molar-refractivity contribution in [1.82, 2.24) is 19.7 Å². The van der Waals surface area contributed by atoms with Crippen LogP contribution in [0.2, 0.25) is 0 Å². The number of aromatic nitrogens is 3. The molecule has 0 saturated heterocycles. The van der Waals surface area contributed by atoms with E-state index in [4.69, 9.17) is 1.37 Å². The number of nitrogens with one attached hydrogen (secondary N) is 2. The summed E-state index contributed by atoms with van der Waals surface area (Å²) in [4.78, 5) is 23.7. The second kappa shape index (κ2) is 8.53. The highest BCUT2D eigenvalue weighted by Gasteiger charge is 2.22. The highest BCUT2D eigenvalue weighted by atomic mass is 32.2. The number of rotatable bonds is 7. The summed E-state index contributed by atoms with van der Waals surface area (Å²) in [5.74, 6) is 0.171. The molecule has 0 aliphatic heterocycles. The summed E-state index contributed by atoms with van der Waals surface area (Å²) in [6, 6.07) is 3.36. The van der Waals surface area contributed by atoms with E-state index in [2.05, 4.69) is 24.4 Å². The molecule has 2 aromatic heterocycles. The molecule has 3 aromatic rings. The van der Waals surface area contributed by atoms with Crippen LogP contribution in [0.15, 0.2) is 29.1 Å². The Morgan fingerprint density at radius 3 is 2.67 bits per heavy atom. The highest BCUT2D eigenvalue weighted by Crippen LogP contribution is 2.24. The Kier molecular flexibility index (Phi) is 5.83. The Morgan fingerprint density at radius 2 is 2.03 bits per heavy atom. The lowest BCUT2D eigenvalue weighted by atomic mass is 9.99. The number of carbonyl (C=O) groups is 1. The van der Waals surface area contributed by atoms with Gasteiger partial charge in [-0.05, 0) is 56.0 Å². The molecule has 8 nitrogen and oxygen atoms in total. The largest absolute Gasteiger partial charge is 0.468 e. The molecule has 0 unspecified atom stereocenters. The summed E-state index contributed by atoms with van der Waals surface area (Å²) in [6.45, 7) is 7.33. The molecular weight excluding hydrogens is 404 g/mol. The molecule has 0 bridgehead atoms. The molecule has 1 atom stereocenters. The Balaban J connectivity index is 1.91. The molecule has 0 saturated carbocycles. The number of pyridine rings is 1. The number of carbonyl (C=O) groups excluding carboxylic acids is 1. The van der Waals surface area contributed by atoms with Gasteiger partial charge in [-0.2, -0.15) is 4.72 Å². The van der Waals surface area contributed by atoms with Gasteiger partial charge in [-0.3, -0.25) is 4.79 Å². The molecule has 0 fully saturated rings. The Hall–Kier alpha value is -2.78. The van der Waals surface area contributed by atoms with Gasteiger partial charge in [-0.1, -0.05) is 19.1 Å². The molecule has 0 aliphatic carbocycles. The molecule has 0 radical (unpaired) electrons. The summed E-state index contributed by atoms with van der Waals surface area (Å²) in [7, 11) is -2.86. The van der Waals surface area contributed by atoms with E-state index in [9.17, 15) is 13.2 Å². The fraction of sp³-hybridized carbons (Fsp3) is 0.381. The van der Waals surface area contributed by atoms with E-state index < -0.39 is 22.0 Å². The van der Waals surface area contributed by atoms with E-state index >= 15 is 0 Å². The van der Waals surface area contributed by atoms with Crippen molar-refractivity contribution >= 4 is 27.2 Å².